The van der Waals surface area contributed by atoms with Crippen LogP contribution in [-0.2, 0) is 0 Å². The van der Waals surface area contributed by atoms with Crippen molar-refractivity contribution in [1.82, 2.24) is 4.98 Å². The molecule has 3 aromatic rings. The second kappa shape index (κ2) is 5.99. The number of hydrogen-bond acceptors (Lipinski definition) is 3. The molecule has 0 saturated carbocycles. The zero-order valence-electron chi connectivity index (χ0n) is 11.7. The lowest BCUT2D eigenvalue weighted by atomic mass is 10.0. The Morgan fingerprint density at radius 3 is 2.55 bits per heavy atom. The summed E-state index contributed by atoms with van der Waals surface area (Å²) in [6.45, 7) is 0. The van der Waals surface area contributed by atoms with Gasteiger partial charge in [-0.3, -0.25) is 0 Å². The summed E-state index contributed by atoms with van der Waals surface area (Å²) >= 11 is 7.83. The maximum Gasteiger partial charge on any atom is 0.336 e. The van der Waals surface area contributed by atoms with Gasteiger partial charge in [-0.05, 0) is 30.5 Å². The minimum atomic E-state index is -0.989. The number of hydrogen-bond donors (Lipinski definition) is 1. The maximum atomic E-state index is 11.5. The highest BCUT2D eigenvalue weighted by atomic mass is 35.5. The Kier molecular flexibility index (Phi) is 4.05. The van der Waals surface area contributed by atoms with E-state index in [4.69, 9.17) is 11.6 Å². The topological polar surface area (TPSA) is 50.2 Å². The molecule has 1 N–H and O–H groups in total. The van der Waals surface area contributed by atoms with Crippen LogP contribution >= 0.6 is 23.4 Å². The zero-order valence-corrected chi connectivity index (χ0v) is 13.3. The number of pyridine rings is 1. The van der Waals surface area contributed by atoms with Crippen LogP contribution in [0.4, 0.5) is 0 Å². The molecule has 5 heteroatoms. The molecule has 0 unspecified atom stereocenters. The largest absolute Gasteiger partial charge is 0.478 e. The van der Waals surface area contributed by atoms with E-state index in [0.717, 1.165) is 10.5 Å². The molecule has 3 nitrogen and oxygen atoms in total. The predicted octanol–water partition coefficient (Wildman–Crippen LogP) is 4.98. The fraction of sp³-hybridized carbons (Fsp3) is 0.0588. The van der Waals surface area contributed by atoms with Gasteiger partial charge in [-0.25, -0.2) is 9.78 Å². The summed E-state index contributed by atoms with van der Waals surface area (Å²) in [5.41, 5.74) is 2.18. The molecule has 2 aromatic carbocycles. The van der Waals surface area contributed by atoms with Gasteiger partial charge in [0.2, 0.25) is 0 Å². The van der Waals surface area contributed by atoms with E-state index in [9.17, 15) is 9.90 Å². The van der Waals surface area contributed by atoms with Gasteiger partial charge in [0.05, 0.1) is 21.8 Å². The molecule has 0 aliphatic rings. The maximum absolute atomic E-state index is 11.5. The SMILES string of the molecule is CSc1ccc(-c2cc(C(=O)O)c3cccc(Cl)c3n2)cc1. The van der Waals surface area contributed by atoms with Crippen molar-refractivity contribution in [2.45, 2.75) is 4.90 Å². The smallest absolute Gasteiger partial charge is 0.336 e. The standard InChI is InChI=1S/C17H12ClNO2S/c1-22-11-7-5-10(6-8-11)15-9-13(17(20)21)12-3-2-4-14(18)16(12)19-15/h2-9H,1H3,(H,20,21). The number of halogens is 1. The lowest BCUT2D eigenvalue weighted by Gasteiger charge is -2.08. The van der Waals surface area contributed by atoms with Crippen molar-refractivity contribution in [3.8, 4) is 11.3 Å². The second-order valence-electron chi connectivity index (χ2n) is 4.72. The van der Waals surface area contributed by atoms with Crippen LogP contribution in [0.2, 0.25) is 5.02 Å². The molecule has 0 atom stereocenters. The molecule has 1 aromatic heterocycles. The zero-order chi connectivity index (χ0) is 15.7. The Morgan fingerprint density at radius 1 is 1.18 bits per heavy atom. The molecule has 0 aliphatic carbocycles. The first-order chi connectivity index (χ1) is 10.6. The van der Waals surface area contributed by atoms with E-state index in [-0.39, 0.29) is 5.56 Å². The average Bonchev–Trinajstić information content (AvgIpc) is 2.54. The van der Waals surface area contributed by atoms with Crippen molar-refractivity contribution >= 4 is 40.2 Å². The molecule has 0 bridgehead atoms. The van der Waals surface area contributed by atoms with E-state index >= 15 is 0 Å². The molecular formula is C17H12ClNO2S. The summed E-state index contributed by atoms with van der Waals surface area (Å²) in [5, 5.41) is 10.4. The normalized spacial score (nSPS) is 10.8. The highest BCUT2D eigenvalue weighted by Crippen LogP contribution is 2.29. The van der Waals surface area contributed by atoms with Gasteiger partial charge in [-0.1, -0.05) is 35.9 Å². The van der Waals surface area contributed by atoms with E-state index in [0.29, 0.717) is 21.6 Å². The molecule has 0 spiro atoms. The first-order valence-corrected chi connectivity index (χ1v) is 8.17. The van der Waals surface area contributed by atoms with Crippen molar-refractivity contribution < 1.29 is 9.90 Å². The van der Waals surface area contributed by atoms with Crippen molar-refractivity contribution in [2.75, 3.05) is 6.26 Å². The molecule has 1 heterocycles. The van der Waals surface area contributed by atoms with Gasteiger partial charge in [0.1, 0.15) is 0 Å². The number of nitrogens with zero attached hydrogens (tertiary/aromatic N) is 1. The van der Waals surface area contributed by atoms with Crippen LogP contribution in [0.1, 0.15) is 10.4 Å². The number of aromatic nitrogens is 1. The lowest BCUT2D eigenvalue weighted by Crippen LogP contribution is -2.00. The van der Waals surface area contributed by atoms with Gasteiger partial charge >= 0.3 is 5.97 Å². The van der Waals surface area contributed by atoms with Gasteiger partial charge in [-0.15, -0.1) is 11.8 Å². The fourth-order valence-electron chi connectivity index (χ4n) is 2.30. The van der Waals surface area contributed by atoms with Crippen molar-refractivity contribution in [3.05, 3.63) is 59.1 Å². The third-order valence-electron chi connectivity index (χ3n) is 3.41. The number of thioether (sulfide) groups is 1. The van der Waals surface area contributed by atoms with Gasteiger partial charge in [-0.2, -0.15) is 0 Å². The summed E-state index contributed by atoms with van der Waals surface area (Å²) in [6, 6.07) is 14.6. The Hall–Kier alpha value is -2.04. The van der Waals surface area contributed by atoms with Crippen molar-refractivity contribution in [3.63, 3.8) is 0 Å². The third-order valence-corrected chi connectivity index (χ3v) is 4.46. The molecule has 22 heavy (non-hydrogen) atoms. The van der Waals surface area contributed by atoms with Crippen LogP contribution in [0.5, 0.6) is 0 Å². The summed E-state index contributed by atoms with van der Waals surface area (Å²) in [7, 11) is 0. The summed E-state index contributed by atoms with van der Waals surface area (Å²) in [4.78, 5) is 17.2. The number of fused-ring (bicyclic) bond motifs is 1. The van der Waals surface area contributed by atoms with Crippen LogP contribution in [0.3, 0.4) is 0 Å². The molecule has 0 fully saturated rings. The predicted molar refractivity (Wildman–Crippen MR) is 90.9 cm³/mol. The monoisotopic (exact) mass is 329 g/mol. The Labute approximate surface area is 137 Å². The van der Waals surface area contributed by atoms with Crippen LogP contribution in [0.15, 0.2) is 53.4 Å². The van der Waals surface area contributed by atoms with Gasteiger partial charge in [0.25, 0.3) is 0 Å². The second-order valence-corrected chi connectivity index (χ2v) is 6.01. The third kappa shape index (κ3) is 2.67. The van der Waals surface area contributed by atoms with Crippen molar-refractivity contribution in [2.24, 2.45) is 0 Å². The molecule has 3 rings (SSSR count). The number of benzene rings is 2. The van der Waals surface area contributed by atoms with Crippen LogP contribution in [0, 0.1) is 0 Å². The summed E-state index contributed by atoms with van der Waals surface area (Å²) < 4.78 is 0. The molecule has 0 amide bonds. The van der Waals surface area contributed by atoms with Gasteiger partial charge in [0.15, 0.2) is 0 Å². The van der Waals surface area contributed by atoms with Crippen LogP contribution in [-0.4, -0.2) is 22.3 Å². The minimum Gasteiger partial charge on any atom is -0.478 e. The molecular weight excluding hydrogens is 318 g/mol. The number of carboxylic acids is 1. The Balaban J connectivity index is 2.25. The number of rotatable bonds is 3. The highest BCUT2D eigenvalue weighted by molar-refractivity contribution is 7.98. The number of carbonyl (C=O) groups is 1. The van der Waals surface area contributed by atoms with E-state index < -0.39 is 5.97 Å². The molecule has 0 radical (unpaired) electrons. The Morgan fingerprint density at radius 2 is 1.91 bits per heavy atom. The van der Waals surface area contributed by atoms with Gasteiger partial charge < -0.3 is 5.11 Å². The first-order valence-electron chi connectivity index (χ1n) is 6.57. The fourth-order valence-corrected chi connectivity index (χ4v) is 2.93. The minimum absolute atomic E-state index is 0.205. The quantitative estimate of drug-likeness (QED) is 0.689. The number of aromatic carboxylic acids is 1. The Bertz CT molecular complexity index is 862. The highest BCUT2D eigenvalue weighted by Gasteiger charge is 2.14. The van der Waals surface area contributed by atoms with Crippen molar-refractivity contribution in [1.29, 1.82) is 0 Å². The summed E-state index contributed by atoms with van der Waals surface area (Å²) in [6.07, 6.45) is 2.01. The lowest BCUT2D eigenvalue weighted by molar-refractivity contribution is 0.0699. The van der Waals surface area contributed by atoms with E-state index in [1.54, 1.807) is 36.0 Å². The van der Waals surface area contributed by atoms with E-state index in [1.807, 2.05) is 30.5 Å². The number of para-hydroxylation sites is 1. The average molecular weight is 330 g/mol. The van der Waals surface area contributed by atoms with Crippen LogP contribution < -0.4 is 0 Å². The van der Waals surface area contributed by atoms with Gasteiger partial charge in [0, 0.05) is 15.8 Å². The van der Waals surface area contributed by atoms with E-state index in [2.05, 4.69) is 4.98 Å². The number of carboxylic acid groups (broad SMARTS) is 1. The molecule has 0 saturated heterocycles. The molecule has 0 aliphatic heterocycles. The molecule has 110 valence electrons. The first kappa shape index (κ1) is 14.9. The van der Waals surface area contributed by atoms with E-state index in [1.165, 1.54) is 0 Å². The summed E-state index contributed by atoms with van der Waals surface area (Å²) in [5.74, 6) is -0.989. The van der Waals surface area contributed by atoms with Crippen LogP contribution in [0.25, 0.3) is 22.2 Å².